The summed E-state index contributed by atoms with van der Waals surface area (Å²) in [6.07, 6.45) is 1.87. The Morgan fingerprint density at radius 1 is 1.20 bits per heavy atom. The molecule has 0 aliphatic carbocycles. The van der Waals surface area contributed by atoms with Crippen LogP contribution in [0.25, 0.3) is 0 Å². The zero-order valence-corrected chi connectivity index (χ0v) is 17.9. The van der Waals surface area contributed by atoms with Crippen LogP contribution in [-0.4, -0.2) is 64.3 Å². The lowest BCUT2D eigenvalue weighted by Gasteiger charge is -2.16. The highest BCUT2D eigenvalue weighted by Crippen LogP contribution is 2.02. The lowest BCUT2D eigenvalue weighted by Crippen LogP contribution is -2.39. The molecule has 0 atom stereocenters. The van der Waals surface area contributed by atoms with Gasteiger partial charge in [0.2, 0.25) is 0 Å². The van der Waals surface area contributed by atoms with Crippen LogP contribution in [0.1, 0.15) is 18.9 Å². The van der Waals surface area contributed by atoms with Crippen LogP contribution in [0.5, 0.6) is 0 Å². The van der Waals surface area contributed by atoms with Gasteiger partial charge in [0.15, 0.2) is 5.96 Å². The quantitative estimate of drug-likeness (QED) is 0.228. The molecule has 0 radical (unpaired) electrons. The van der Waals surface area contributed by atoms with E-state index in [2.05, 4.69) is 27.6 Å². The number of benzene rings is 1. The second-order valence-corrected chi connectivity index (χ2v) is 5.71. The van der Waals surface area contributed by atoms with Crippen molar-refractivity contribution in [1.29, 1.82) is 0 Å². The molecule has 0 amide bonds. The van der Waals surface area contributed by atoms with Gasteiger partial charge in [-0.15, -0.1) is 24.0 Å². The molecular weight excluding hydrogens is 434 g/mol. The van der Waals surface area contributed by atoms with Gasteiger partial charge in [0.1, 0.15) is 5.82 Å². The third kappa shape index (κ3) is 12.1. The van der Waals surface area contributed by atoms with Crippen LogP contribution < -0.4 is 10.6 Å². The lowest BCUT2D eigenvalue weighted by atomic mass is 10.1. The first-order valence-electron chi connectivity index (χ1n) is 8.59. The Hall–Kier alpha value is -0.930. The Balaban J connectivity index is 0.00000576. The fourth-order valence-corrected chi connectivity index (χ4v) is 2.24. The summed E-state index contributed by atoms with van der Waals surface area (Å²) in [5, 5.41) is 6.56. The Morgan fingerprint density at radius 3 is 2.56 bits per heavy atom. The minimum atomic E-state index is -0.198. The topological polar surface area (TPSA) is 48.9 Å². The van der Waals surface area contributed by atoms with Gasteiger partial charge in [-0.3, -0.25) is 4.99 Å². The van der Waals surface area contributed by atoms with Gasteiger partial charge in [-0.1, -0.05) is 12.1 Å². The van der Waals surface area contributed by atoms with E-state index in [0.717, 1.165) is 63.7 Å². The smallest absolute Gasteiger partial charge is 0.191 e. The second kappa shape index (κ2) is 15.3. The first kappa shape index (κ1) is 24.1. The molecule has 0 unspecified atom stereocenters. The van der Waals surface area contributed by atoms with Gasteiger partial charge >= 0.3 is 0 Å². The molecule has 1 aromatic carbocycles. The van der Waals surface area contributed by atoms with E-state index >= 15 is 0 Å². The molecule has 0 bridgehead atoms. The van der Waals surface area contributed by atoms with E-state index in [1.165, 1.54) is 12.1 Å². The van der Waals surface area contributed by atoms with Crippen molar-refractivity contribution in [2.24, 2.45) is 4.99 Å². The number of nitrogens with zero attached hydrogens (tertiary/aromatic N) is 2. The number of hydrogen-bond acceptors (Lipinski definition) is 3. The van der Waals surface area contributed by atoms with Crippen molar-refractivity contribution in [2.45, 2.75) is 19.8 Å². The second-order valence-electron chi connectivity index (χ2n) is 5.71. The number of guanidine groups is 1. The molecule has 0 saturated carbocycles. The van der Waals surface area contributed by atoms with E-state index in [1.54, 1.807) is 7.11 Å². The highest BCUT2D eigenvalue weighted by molar-refractivity contribution is 14.0. The molecule has 7 heteroatoms. The summed E-state index contributed by atoms with van der Waals surface area (Å²) in [6, 6.07) is 6.62. The van der Waals surface area contributed by atoms with Crippen molar-refractivity contribution in [3.63, 3.8) is 0 Å². The van der Waals surface area contributed by atoms with Crippen molar-refractivity contribution in [3.05, 3.63) is 35.6 Å². The summed E-state index contributed by atoms with van der Waals surface area (Å²) in [4.78, 5) is 6.84. The average molecular weight is 466 g/mol. The van der Waals surface area contributed by atoms with E-state index in [1.807, 2.05) is 19.1 Å². The number of methoxy groups -OCH3 is 1. The van der Waals surface area contributed by atoms with Crippen molar-refractivity contribution >= 4 is 29.9 Å². The first-order valence-corrected chi connectivity index (χ1v) is 8.59. The summed E-state index contributed by atoms with van der Waals surface area (Å²) in [5.41, 5.74) is 1.11. The Kier molecular flexibility index (Phi) is 14.8. The summed E-state index contributed by atoms with van der Waals surface area (Å²) in [7, 11) is 3.82. The predicted octanol–water partition coefficient (Wildman–Crippen LogP) is 2.51. The van der Waals surface area contributed by atoms with Crippen LogP contribution in [0.3, 0.4) is 0 Å². The summed E-state index contributed by atoms with van der Waals surface area (Å²) >= 11 is 0. The van der Waals surface area contributed by atoms with Gasteiger partial charge in [-0.25, -0.2) is 4.39 Å². The molecule has 5 nitrogen and oxygen atoms in total. The Labute approximate surface area is 168 Å². The standard InChI is InChI=1S/C18H31FN4O.HI/c1-4-20-18(22-12-14-23(2)13-5-15-24-3)21-11-10-16-6-8-17(19)9-7-16;/h6-9H,4-5,10-15H2,1-3H3,(H2,20,21,22);1H. The monoisotopic (exact) mass is 466 g/mol. The van der Waals surface area contributed by atoms with Crippen molar-refractivity contribution in [3.8, 4) is 0 Å². The maximum absolute atomic E-state index is 12.9. The van der Waals surface area contributed by atoms with E-state index in [-0.39, 0.29) is 29.8 Å². The fourth-order valence-electron chi connectivity index (χ4n) is 2.24. The van der Waals surface area contributed by atoms with Gasteiger partial charge in [0.05, 0.1) is 6.54 Å². The van der Waals surface area contributed by atoms with E-state index in [4.69, 9.17) is 4.74 Å². The van der Waals surface area contributed by atoms with Gasteiger partial charge < -0.3 is 20.3 Å². The molecule has 0 aromatic heterocycles. The zero-order valence-electron chi connectivity index (χ0n) is 15.6. The van der Waals surface area contributed by atoms with E-state index < -0.39 is 0 Å². The molecule has 0 aliphatic heterocycles. The van der Waals surface area contributed by atoms with Crippen molar-refractivity contribution in [1.82, 2.24) is 15.5 Å². The largest absolute Gasteiger partial charge is 0.385 e. The van der Waals surface area contributed by atoms with Crippen LogP contribution in [0, 0.1) is 5.82 Å². The lowest BCUT2D eigenvalue weighted by molar-refractivity contribution is 0.180. The number of likely N-dealkylation sites (N-methyl/N-ethyl adjacent to an activating group) is 1. The minimum absolute atomic E-state index is 0. The van der Waals surface area contributed by atoms with Crippen LogP contribution in [0.2, 0.25) is 0 Å². The minimum Gasteiger partial charge on any atom is -0.385 e. The fraction of sp³-hybridized carbons (Fsp3) is 0.611. The van der Waals surface area contributed by atoms with Crippen molar-refractivity contribution in [2.75, 3.05) is 53.5 Å². The Bertz CT molecular complexity index is 471. The van der Waals surface area contributed by atoms with E-state index in [0.29, 0.717) is 0 Å². The molecule has 0 saturated heterocycles. The van der Waals surface area contributed by atoms with Crippen LogP contribution in [0.4, 0.5) is 4.39 Å². The van der Waals surface area contributed by atoms with Gasteiger partial charge in [0.25, 0.3) is 0 Å². The first-order chi connectivity index (χ1) is 11.7. The van der Waals surface area contributed by atoms with Crippen molar-refractivity contribution < 1.29 is 9.13 Å². The van der Waals surface area contributed by atoms with Crippen LogP contribution in [-0.2, 0) is 11.2 Å². The van der Waals surface area contributed by atoms with Gasteiger partial charge in [-0.2, -0.15) is 0 Å². The number of nitrogens with one attached hydrogen (secondary N) is 2. The maximum atomic E-state index is 12.9. The summed E-state index contributed by atoms with van der Waals surface area (Å²) in [5.74, 6) is 0.626. The Morgan fingerprint density at radius 2 is 1.92 bits per heavy atom. The summed E-state index contributed by atoms with van der Waals surface area (Å²) in [6.45, 7) is 7.11. The normalized spacial score (nSPS) is 11.3. The third-order valence-electron chi connectivity index (χ3n) is 3.60. The molecule has 0 aliphatic rings. The molecule has 0 fully saturated rings. The van der Waals surface area contributed by atoms with Crippen LogP contribution >= 0.6 is 24.0 Å². The highest BCUT2D eigenvalue weighted by Gasteiger charge is 2.00. The molecule has 25 heavy (non-hydrogen) atoms. The molecule has 0 spiro atoms. The predicted molar refractivity (Wildman–Crippen MR) is 113 cm³/mol. The molecular formula is C18H32FIN4O. The van der Waals surface area contributed by atoms with E-state index in [9.17, 15) is 4.39 Å². The highest BCUT2D eigenvalue weighted by atomic mass is 127. The number of rotatable bonds is 11. The summed E-state index contributed by atoms with van der Waals surface area (Å²) < 4.78 is 17.9. The molecule has 1 aromatic rings. The number of hydrogen-bond donors (Lipinski definition) is 2. The maximum Gasteiger partial charge on any atom is 0.191 e. The van der Waals surface area contributed by atoms with Crippen LogP contribution in [0.15, 0.2) is 29.3 Å². The van der Waals surface area contributed by atoms with Gasteiger partial charge in [-0.05, 0) is 44.5 Å². The molecule has 144 valence electrons. The average Bonchev–Trinajstić information content (AvgIpc) is 2.57. The third-order valence-corrected chi connectivity index (χ3v) is 3.60. The molecule has 0 heterocycles. The van der Waals surface area contributed by atoms with Gasteiger partial charge in [0, 0.05) is 39.9 Å². The molecule has 2 N–H and O–H groups in total. The number of aliphatic imine (C=N–C) groups is 1. The SMILES string of the molecule is CCNC(=NCCN(C)CCCOC)NCCc1ccc(F)cc1.I. The zero-order chi connectivity index (χ0) is 17.6. The molecule has 1 rings (SSSR count). The number of halogens is 2. The number of ether oxygens (including phenoxy) is 1.